The standard InChI is InChI=1S/C22H32N4O4/c1-14(2)26-17-8-7-15(13-18(17)30-21(26)29)23-20(28)24(6)16-9-11-25(12-10-16)19(27)22(3,4)5/h7-8,13-14,16H,9-12H2,1-6H3,(H,23,28). The Hall–Kier alpha value is -2.77. The number of oxazole rings is 1. The van der Waals surface area contributed by atoms with E-state index < -0.39 is 11.2 Å². The van der Waals surface area contributed by atoms with Gasteiger partial charge >= 0.3 is 11.8 Å². The van der Waals surface area contributed by atoms with Gasteiger partial charge in [-0.1, -0.05) is 20.8 Å². The molecule has 2 heterocycles. The Bertz CT molecular complexity index is 991. The Balaban J connectivity index is 1.64. The van der Waals surface area contributed by atoms with Crippen LogP contribution in [0.2, 0.25) is 0 Å². The van der Waals surface area contributed by atoms with E-state index in [2.05, 4.69) is 5.32 Å². The summed E-state index contributed by atoms with van der Waals surface area (Å²) in [4.78, 5) is 40.8. The number of anilines is 1. The van der Waals surface area contributed by atoms with E-state index in [1.54, 1.807) is 34.7 Å². The number of amides is 3. The normalized spacial score (nSPS) is 15.6. The summed E-state index contributed by atoms with van der Waals surface area (Å²) in [7, 11) is 1.77. The molecule has 0 atom stereocenters. The second-order valence-corrected chi connectivity index (χ2v) is 9.33. The van der Waals surface area contributed by atoms with Crippen LogP contribution in [-0.2, 0) is 4.79 Å². The topological polar surface area (TPSA) is 87.8 Å². The zero-order chi connectivity index (χ0) is 22.2. The van der Waals surface area contributed by atoms with E-state index in [1.165, 1.54) is 0 Å². The van der Waals surface area contributed by atoms with E-state index in [0.717, 1.165) is 12.8 Å². The fourth-order valence-electron chi connectivity index (χ4n) is 3.91. The lowest BCUT2D eigenvalue weighted by Crippen LogP contribution is -2.50. The van der Waals surface area contributed by atoms with Crippen LogP contribution in [0.5, 0.6) is 0 Å². The number of benzene rings is 1. The van der Waals surface area contributed by atoms with E-state index in [1.807, 2.05) is 39.5 Å². The second-order valence-electron chi connectivity index (χ2n) is 9.33. The van der Waals surface area contributed by atoms with Crippen LogP contribution in [0.4, 0.5) is 10.5 Å². The second kappa shape index (κ2) is 8.16. The molecular weight excluding hydrogens is 384 g/mol. The van der Waals surface area contributed by atoms with Crippen molar-refractivity contribution in [1.29, 1.82) is 0 Å². The molecule has 1 fully saturated rings. The van der Waals surface area contributed by atoms with Crippen LogP contribution in [0, 0.1) is 5.41 Å². The first-order chi connectivity index (χ1) is 14.0. The van der Waals surface area contributed by atoms with Crippen molar-refractivity contribution in [3.63, 3.8) is 0 Å². The molecule has 0 radical (unpaired) electrons. The molecule has 0 aliphatic carbocycles. The lowest BCUT2D eigenvalue weighted by Gasteiger charge is -2.38. The monoisotopic (exact) mass is 416 g/mol. The van der Waals surface area contributed by atoms with Crippen molar-refractivity contribution in [3.05, 3.63) is 28.7 Å². The van der Waals surface area contributed by atoms with Crippen LogP contribution in [0.1, 0.15) is 53.5 Å². The van der Waals surface area contributed by atoms with Gasteiger partial charge in [0.2, 0.25) is 5.91 Å². The third-order valence-corrected chi connectivity index (χ3v) is 5.64. The number of rotatable bonds is 3. The van der Waals surface area contributed by atoms with Gasteiger partial charge < -0.3 is 19.5 Å². The lowest BCUT2D eigenvalue weighted by atomic mass is 9.93. The highest BCUT2D eigenvalue weighted by Crippen LogP contribution is 2.24. The van der Waals surface area contributed by atoms with Crippen LogP contribution in [0.25, 0.3) is 11.1 Å². The summed E-state index contributed by atoms with van der Waals surface area (Å²) in [5.74, 6) is -0.256. The van der Waals surface area contributed by atoms with Gasteiger partial charge in [-0.15, -0.1) is 0 Å². The number of fused-ring (bicyclic) bond motifs is 1. The molecule has 3 rings (SSSR count). The quantitative estimate of drug-likeness (QED) is 0.827. The molecule has 8 nitrogen and oxygen atoms in total. The first kappa shape index (κ1) is 21.9. The van der Waals surface area contributed by atoms with Crippen LogP contribution in [0.15, 0.2) is 27.4 Å². The molecule has 1 aliphatic rings. The molecule has 30 heavy (non-hydrogen) atoms. The molecule has 1 N–H and O–H groups in total. The van der Waals surface area contributed by atoms with Gasteiger partial charge in [0.1, 0.15) is 0 Å². The first-order valence-electron chi connectivity index (χ1n) is 10.5. The van der Waals surface area contributed by atoms with Crippen molar-refractivity contribution in [3.8, 4) is 0 Å². The third-order valence-electron chi connectivity index (χ3n) is 5.64. The molecule has 0 bridgehead atoms. The summed E-state index contributed by atoms with van der Waals surface area (Å²) >= 11 is 0. The van der Waals surface area contributed by atoms with E-state index in [9.17, 15) is 14.4 Å². The maximum atomic E-state index is 12.7. The van der Waals surface area contributed by atoms with Crippen LogP contribution in [0.3, 0.4) is 0 Å². The number of aromatic nitrogens is 1. The SMILES string of the molecule is CC(C)n1c(=O)oc2cc(NC(=O)N(C)C3CCN(C(=O)C(C)(C)C)CC3)ccc21. The third kappa shape index (κ3) is 4.37. The summed E-state index contributed by atoms with van der Waals surface area (Å²) in [6.07, 6.45) is 1.49. The van der Waals surface area contributed by atoms with Gasteiger partial charge in [0.05, 0.1) is 5.52 Å². The molecular formula is C22H32N4O4. The van der Waals surface area contributed by atoms with Crippen LogP contribution in [-0.4, -0.2) is 52.5 Å². The van der Waals surface area contributed by atoms with Crippen molar-refractivity contribution >= 4 is 28.7 Å². The fraction of sp³-hybridized carbons (Fsp3) is 0.591. The minimum absolute atomic E-state index is 0.0126. The number of nitrogens with zero attached hydrogens (tertiary/aromatic N) is 3. The minimum atomic E-state index is -0.405. The number of carbonyl (C=O) groups is 2. The lowest BCUT2D eigenvalue weighted by molar-refractivity contribution is -0.140. The fourth-order valence-corrected chi connectivity index (χ4v) is 3.91. The Morgan fingerprint density at radius 2 is 1.83 bits per heavy atom. The minimum Gasteiger partial charge on any atom is -0.408 e. The summed E-state index contributed by atoms with van der Waals surface area (Å²) < 4.78 is 6.91. The number of hydrogen-bond donors (Lipinski definition) is 1. The number of urea groups is 1. The summed E-state index contributed by atoms with van der Waals surface area (Å²) in [5, 5.41) is 2.88. The van der Waals surface area contributed by atoms with Gasteiger partial charge in [0.25, 0.3) is 0 Å². The van der Waals surface area contributed by atoms with Crippen LogP contribution < -0.4 is 11.1 Å². The van der Waals surface area contributed by atoms with Crippen molar-refractivity contribution in [2.45, 2.75) is 59.5 Å². The Kier molecular flexibility index (Phi) is 5.97. The van der Waals surface area contributed by atoms with Gasteiger partial charge in [-0.05, 0) is 38.8 Å². The largest absolute Gasteiger partial charge is 0.420 e. The van der Waals surface area contributed by atoms with Crippen LogP contribution >= 0.6 is 0 Å². The highest BCUT2D eigenvalue weighted by molar-refractivity contribution is 5.91. The Labute approximate surface area is 176 Å². The number of piperidine rings is 1. The van der Waals surface area contributed by atoms with E-state index >= 15 is 0 Å². The molecule has 1 aromatic carbocycles. The molecule has 0 spiro atoms. The smallest absolute Gasteiger partial charge is 0.408 e. The van der Waals surface area contributed by atoms with Gasteiger partial charge in [-0.3, -0.25) is 9.36 Å². The van der Waals surface area contributed by atoms with E-state index in [-0.39, 0.29) is 24.0 Å². The Morgan fingerprint density at radius 1 is 1.20 bits per heavy atom. The Morgan fingerprint density at radius 3 is 2.40 bits per heavy atom. The summed E-state index contributed by atoms with van der Waals surface area (Å²) in [6.45, 7) is 10.9. The van der Waals surface area contributed by atoms with Crippen molar-refractivity contribution in [1.82, 2.24) is 14.4 Å². The number of likely N-dealkylation sites (tertiary alicyclic amines) is 1. The molecule has 2 aromatic rings. The van der Waals surface area contributed by atoms with Gasteiger partial charge in [0.15, 0.2) is 5.58 Å². The molecule has 1 saturated heterocycles. The zero-order valence-corrected chi connectivity index (χ0v) is 18.7. The maximum absolute atomic E-state index is 12.7. The summed E-state index contributed by atoms with van der Waals surface area (Å²) in [6, 6.07) is 5.06. The first-order valence-corrected chi connectivity index (χ1v) is 10.5. The van der Waals surface area contributed by atoms with Crippen molar-refractivity contribution in [2.24, 2.45) is 5.41 Å². The number of hydrogen-bond acceptors (Lipinski definition) is 4. The van der Waals surface area contributed by atoms with Crippen molar-refractivity contribution < 1.29 is 14.0 Å². The average molecular weight is 417 g/mol. The predicted octanol–water partition coefficient (Wildman–Crippen LogP) is 3.68. The van der Waals surface area contributed by atoms with Gasteiger partial charge in [-0.2, -0.15) is 0 Å². The molecule has 1 aliphatic heterocycles. The molecule has 0 saturated carbocycles. The van der Waals surface area contributed by atoms with E-state index in [0.29, 0.717) is 29.9 Å². The molecule has 8 heteroatoms. The predicted molar refractivity (Wildman–Crippen MR) is 117 cm³/mol. The average Bonchev–Trinajstić information content (AvgIpc) is 3.01. The highest BCUT2D eigenvalue weighted by atomic mass is 16.4. The highest BCUT2D eigenvalue weighted by Gasteiger charge is 2.32. The molecule has 1 aromatic heterocycles. The number of nitrogens with one attached hydrogen (secondary N) is 1. The summed E-state index contributed by atoms with van der Waals surface area (Å²) in [5.41, 5.74) is 1.34. The van der Waals surface area contributed by atoms with Gasteiger partial charge in [-0.25, -0.2) is 9.59 Å². The molecule has 3 amide bonds. The zero-order valence-electron chi connectivity index (χ0n) is 18.7. The molecule has 164 valence electrons. The maximum Gasteiger partial charge on any atom is 0.420 e. The van der Waals surface area contributed by atoms with Crippen molar-refractivity contribution in [2.75, 3.05) is 25.5 Å². The number of carbonyl (C=O) groups excluding carboxylic acids is 2. The molecule has 0 unspecified atom stereocenters. The van der Waals surface area contributed by atoms with Gasteiger partial charge in [0, 0.05) is 49.4 Å². The van der Waals surface area contributed by atoms with E-state index in [4.69, 9.17) is 4.42 Å².